The highest BCUT2D eigenvalue weighted by Crippen LogP contribution is 2.32. The molecule has 0 atom stereocenters. The lowest BCUT2D eigenvalue weighted by molar-refractivity contribution is -0.127. The summed E-state index contributed by atoms with van der Waals surface area (Å²) in [6.07, 6.45) is 3.18. The summed E-state index contributed by atoms with van der Waals surface area (Å²) in [6, 6.07) is 13.6. The second-order valence-corrected chi connectivity index (χ2v) is 7.14. The molecule has 148 valence electrons. The summed E-state index contributed by atoms with van der Waals surface area (Å²) in [4.78, 5) is 21.1. The van der Waals surface area contributed by atoms with E-state index < -0.39 is 0 Å². The minimum Gasteiger partial charge on any atom is -0.454 e. The Hall–Kier alpha value is -3.32. The number of amides is 1. The van der Waals surface area contributed by atoms with E-state index in [1.54, 1.807) is 6.08 Å². The topological polar surface area (TPSA) is 68.0 Å². The van der Waals surface area contributed by atoms with Gasteiger partial charge in [-0.15, -0.1) is 0 Å². The maximum Gasteiger partial charge on any atom is 0.246 e. The first-order valence-corrected chi connectivity index (χ1v) is 9.68. The molecule has 3 aromatic rings. The van der Waals surface area contributed by atoms with Gasteiger partial charge >= 0.3 is 0 Å². The Morgan fingerprint density at radius 2 is 1.86 bits per heavy atom. The van der Waals surface area contributed by atoms with Crippen LogP contribution in [-0.4, -0.2) is 53.7 Å². The van der Waals surface area contributed by atoms with Gasteiger partial charge in [0.15, 0.2) is 17.1 Å². The zero-order chi connectivity index (χ0) is 19.6. The molecule has 1 fully saturated rings. The normalized spacial score (nSPS) is 16.8. The van der Waals surface area contributed by atoms with Gasteiger partial charge in [0.25, 0.3) is 0 Å². The molecule has 7 heteroatoms. The van der Waals surface area contributed by atoms with E-state index >= 15 is 0 Å². The van der Waals surface area contributed by atoms with Gasteiger partial charge in [-0.2, -0.15) is 0 Å². The number of carbonyl (C=O) groups is 1. The lowest BCUT2D eigenvalue weighted by Gasteiger charge is -2.34. The summed E-state index contributed by atoms with van der Waals surface area (Å²) < 4.78 is 16.4. The minimum absolute atomic E-state index is 0.0185. The van der Waals surface area contributed by atoms with Crippen molar-refractivity contribution in [2.45, 2.75) is 6.54 Å². The summed E-state index contributed by atoms with van der Waals surface area (Å²) in [5.41, 5.74) is 2.69. The van der Waals surface area contributed by atoms with Crippen LogP contribution in [0, 0.1) is 0 Å². The average Bonchev–Trinajstić information content (AvgIpc) is 3.38. The lowest BCUT2D eigenvalue weighted by atomic mass is 10.1. The van der Waals surface area contributed by atoms with Crippen LogP contribution in [0.5, 0.6) is 11.5 Å². The summed E-state index contributed by atoms with van der Waals surface area (Å²) >= 11 is 0. The first-order chi connectivity index (χ1) is 14.2. The van der Waals surface area contributed by atoms with Crippen molar-refractivity contribution in [2.24, 2.45) is 0 Å². The van der Waals surface area contributed by atoms with Crippen molar-refractivity contribution < 1.29 is 18.7 Å². The summed E-state index contributed by atoms with van der Waals surface area (Å²) in [6.45, 7) is 4.17. The molecule has 1 aromatic heterocycles. The minimum atomic E-state index is -0.0185. The number of fused-ring (bicyclic) bond motifs is 2. The molecule has 0 saturated carbocycles. The van der Waals surface area contributed by atoms with Gasteiger partial charge in [-0.3, -0.25) is 9.69 Å². The maximum absolute atomic E-state index is 12.5. The lowest BCUT2D eigenvalue weighted by Crippen LogP contribution is -2.47. The van der Waals surface area contributed by atoms with Gasteiger partial charge in [0, 0.05) is 44.9 Å². The van der Waals surface area contributed by atoms with Crippen LogP contribution in [0.25, 0.3) is 17.2 Å². The molecule has 2 aliphatic heterocycles. The van der Waals surface area contributed by atoms with Gasteiger partial charge in [-0.25, -0.2) is 4.98 Å². The second-order valence-electron chi connectivity index (χ2n) is 7.14. The number of hydrogen-bond donors (Lipinski definition) is 0. The fraction of sp³-hybridized carbons (Fsp3) is 0.273. The van der Waals surface area contributed by atoms with Gasteiger partial charge in [-0.1, -0.05) is 18.2 Å². The molecule has 2 aromatic carbocycles. The quantitative estimate of drug-likeness (QED) is 0.637. The third kappa shape index (κ3) is 3.82. The molecule has 0 aliphatic carbocycles. The van der Waals surface area contributed by atoms with Crippen LogP contribution in [0.1, 0.15) is 11.5 Å². The number of piperazine rings is 1. The highest BCUT2D eigenvalue weighted by Gasteiger charge is 2.21. The Labute approximate surface area is 168 Å². The summed E-state index contributed by atoms with van der Waals surface area (Å²) in [5, 5.41) is 0. The monoisotopic (exact) mass is 391 g/mol. The van der Waals surface area contributed by atoms with E-state index in [0.29, 0.717) is 19.0 Å². The van der Waals surface area contributed by atoms with Crippen LogP contribution >= 0.6 is 0 Å². The molecule has 29 heavy (non-hydrogen) atoms. The van der Waals surface area contributed by atoms with Crippen LogP contribution in [0.3, 0.4) is 0 Å². The van der Waals surface area contributed by atoms with Gasteiger partial charge in [-0.05, 0) is 29.8 Å². The van der Waals surface area contributed by atoms with Crippen LogP contribution < -0.4 is 9.47 Å². The number of para-hydroxylation sites is 2. The number of benzene rings is 2. The van der Waals surface area contributed by atoms with Gasteiger partial charge in [0.1, 0.15) is 5.52 Å². The van der Waals surface area contributed by atoms with E-state index in [4.69, 9.17) is 13.9 Å². The van der Waals surface area contributed by atoms with Crippen LogP contribution in [0.4, 0.5) is 0 Å². The highest BCUT2D eigenvalue weighted by molar-refractivity contribution is 5.91. The number of carbonyl (C=O) groups excluding carboxylic acids is 1. The molecule has 0 unspecified atom stereocenters. The highest BCUT2D eigenvalue weighted by atomic mass is 16.7. The zero-order valence-corrected chi connectivity index (χ0v) is 15.9. The second kappa shape index (κ2) is 7.60. The number of nitrogens with zero attached hydrogens (tertiary/aromatic N) is 3. The molecular formula is C22H21N3O4. The summed E-state index contributed by atoms with van der Waals surface area (Å²) in [5.74, 6) is 2.03. The molecular weight excluding hydrogens is 370 g/mol. The summed E-state index contributed by atoms with van der Waals surface area (Å²) in [7, 11) is 0. The van der Waals surface area contributed by atoms with E-state index in [-0.39, 0.29) is 12.7 Å². The Balaban J connectivity index is 1.15. The SMILES string of the molecule is O=C(/C=C/c1nc2ccccc2o1)N1CCN(Cc2ccc3c(c2)OCO3)CC1. The number of oxazole rings is 1. The van der Waals surface area contributed by atoms with Crippen molar-refractivity contribution in [3.63, 3.8) is 0 Å². The Morgan fingerprint density at radius 1 is 1.03 bits per heavy atom. The molecule has 0 bridgehead atoms. The first kappa shape index (κ1) is 17.8. The maximum atomic E-state index is 12.5. The molecule has 0 spiro atoms. The zero-order valence-electron chi connectivity index (χ0n) is 15.9. The average molecular weight is 391 g/mol. The number of hydrogen-bond acceptors (Lipinski definition) is 6. The predicted octanol–water partition coefficient (Wildman–Crippen LogP) is 2.91. The Morgan fingerprint density at radius 3 is 2.72 bits per heavy atom. The van der Waals surface area contributed by atoms with Crippen molar-refractivity contribution in [3.8, 4) is 11.5 Å². The van der Waals surface area contributed by atoms with E-state index in [0.717, 1.165) is 42.2 Å². The number of aromatic nitrogens is 1. The van der Waals surface area contributed by atoms with Crippen molar-refractivity contribution in [1.29, 1.82) is 0 Å². The van der Waals surface area contributed by atoms with E-state index in [1.165, 1.54) is 11.6 Å². The van der Waals surface area contributed by atoms with E-state index in [9.17, 15) is 4.79 Å². The molecule has 1 saturated heterocycles. The van der Waals surface area contributed by atoms with Crippen LogP contribution in [0.15, 0.2) is 53.0 Å². The third-order valence-electron chi connectivity index (χ3n) is 5.21. The molecule has 7 nitrogen and oxygen atoms in total. The molecule has 0 N–H and O–H groups in total. The molecule has 3 heterocycles. The van der Waals surface area contributed by atoms with Gasteiger partial charge in [0.05, 0.1) is 0 Å². The van der Waals surface area contributed by atoms with E-state index in [1.807, 2.05) is 41.3 Å². The molecule has 2 aliphatic rings. The van der Waals surface area contributed by atoms with Gasteiger partial charge < -0.3 is 18.8 Å². The van der Waals surface area contributed by atoms with Gasteiger partial charge in [0.2, 0.25) is 18.6 Å². The Bertz CT molecular complexity index is 1030. The van der Waals surface area contributed by atoms with Crippen molar-refractivity contribution in [2.75, 3.05) is 33.0 Å². The molecule has 5 rings (SSSR count). The Kier molecular flexibility index (Phi) is 4.65. The first-order valence-electron chi connectivity index (χ1n) is 9.68. The molecule has 1 amide bonds. The smallest absolute Gasteiger partial charge is 0.246 e. The molecule has 0 radical (unpaired) electrons. The predicted molar refractivity (Wildman–Crippen MR) is 107 cm³/mol. The van der Waals surface area contributed by atoms with Crippen molar-refractivity contribution in [1.82, 2.24) is 14.8 Å². The standard InChI is InChI=1S/C22H21N3O4/c26-22(8-7-21-23-17-3-1-2-4-18(17)29-21)25-11-9-24(10-12-25)14-16-5-6-19-20(13-16)28-15-27-19/h1-8,13H,9-12,14-15H2/b8-7+. The van der Waals surface area contributed by atoms with Crippen LogP contribution in [0.2, 0.25) is 0 Å². The number of rotatable bonds is 4. The number of ether oxygens (including phenoxy) is 2. The van der Waals surface area contributed by atoms with Crippen molar-refractivity contribution >= 4 is 23.1 Å². The van der Waals surface area contributed by atoms with E-state index in [2.05, 4.69) is 16.0 Å². The fourth-order valence-electron chi connectivity index (χ4n) is 3.63. The van der Waals surface area contributed by atoms with Crippen LogP contribution in [-0.2, 0) is 11.3 Å². The largest absolute Gasteiger partial charge is 0.454 e. The third-order valence-corrected chi connectivity index (χ3v) is 5.21. The van der Waals surface area contributed by atoms with Crippen molar-refractivity contribution in [3.05, 3.63) is 60.0 Å². The fourth-order valence-corrected chi connectivity index (χ4v) is 3.63.